The highest BCUT2D eigenvalue weighted by molar-refractivity contribution is 7.13. The van der Waals surface area contributed by atoms with E-state index in [1.807, 2.05) is 60.8 Å². The fourth-order valence-corrected chi connectivity index (χ4v) is 5.45. The molecule has 2 aliphatic rings. The number of carbonyl (C=O) groups is 2. The molecule has 1 fully saturated rings. The smallest absolute Gasteiger partial charge is 0.255 e. The molecule has 0 spiro atoms. The first-order chi connectivity index (χ1) is 18.2. The Labute approximate surface area is 219 Å². The van der Waals surface area contributed by atoms with E-state index < -0.39 is 6.04 Å². The van der Waals surface area contributed by atoms with E-state index in [2.05, 4.69) is 31.6 Å². The number of rotatable bonds is 6. The van der Waals surface area contributed by atoms with Gasteiger partial charge in [0.1, 0.15) is 11.9 Å². The van der Waals surface area contributed by atoms with Gasteiger partial charge in [-0.05, 0) is 34.9 Å². The number of thiazole rings is 1. The lowest BCUT2D eigenvalue weighted by atomic mass is 10.0. The highest BCUT2D eigenvalue weighted by atomic mass is 32.1. The summed E-state index contributed by atoms with van der Waals surface area (Å²) in [5, 5.41) is 8.54. The molecule has 2 amide bonds. The van der Waals surface area contributed by atoms with E-state index in [-0.39, 0.29) is 11.8 Å². The first-order valence-corrected chi connectivity index (χ1v) is 13.2. The average molecular weight is 511 g/mol. The zero-order valence-corrected chi connectivity index (χ0v) is 20.9. The fourth-order valence-electron chi connectivity index (χ4n) is 4.92. The quantitative estimate of drug-likeness (QED) is 0.408. The van der Waals surface area contributed by atoms with Crippen LogP contribution in [-0.2, 0) is 11.3 Å². The predicted molar refractivity (Wildman–Crippen MR) is 145 cm³/mol. The lowest BCUT2D eigenvalue weighted by Gasteiger charge is -2.28. The van der Waals surface area contributed by atoms with Gasteiger partial charge in [-0.3, -0.25) is 14.9 Å². The van der Waals surface area contributed by atoms with Crippen molar-refractivity contribution in [3.05, 3.63) is 95.1 Å². The van der Waals surface area contributed by atoms with Crippen LogP contribution in [0, 0.1) is 0 Å². The minimum Gasteiger partial charge on any atom is -0.354 e. The second-order valence-corrected chi connectivity index (χ2v) is 9.98. The summed E-state index contributed by atoms with van der Waals surface area (Å²) in [6.07, 6.45) is 3.51. The van der Waals surface area contributed by atoms with E-state index in [4.69, 9.17) is 0 Å². The highest BCUT2D eigenvalue weighted by Crippen LogP contribution is 2.35. The van der Waals surface area contributed by atoms with Crippen LogP contribution in [-0.4, -0.2) is 52.9 Å². The van der Waals surface area contributed by atoms with Gasteiger partial charge in [0.15, 0.2) is 5.13 Å². The number of fused-ring (bicyclic) bond motifs is 1. The zero-order valence-electron chi connectivity index (χ0n) is 20.1. The van der Waals surface area contributed by atoms with E-state index >= 15 is 0 Å². The second-order valence-electron chi connectivity index (χ2n) is 9.09. The van der Waals surface area contributed by atoms with E-state index in [0.717, 1.165) is 54.3 Å². The summed E-state index contributed by atoms with van der Waals surface area (Å²) in [6, 6.07) is 18.6. The van der Waals surface area contributed by atoms with Gasteiger partial charge in [0.2, 0.25) is 0 Å². The Hall–Kier alpha value is -4.08. The van der Waals surface area contributed by atoms with Gasteiger partial charge in [-0.15, -0.1) is 11.3 Å². The number of piperazine rings is 1. The van der Waals surface area contributed by atoms with Crippen molar-refractivity contribution in [2.24, 2.45) is 0 Å². The van der Waals surface area contributed by atoms with Crippen molar-refractivity contribution in [2.45, 2.75) is 12.6 Å². The normalized spacial score (nSPS) is 15.9. The Morgan fingerprint density at radius 2 is 1.81 bits per heavy atom. The summed E-state index contributed by atoms with van der Waals surface area (Å²) >= 11 is 1.35. The number of hydrogen-bond donors (Lipinski definition) is 2. The molecule has 0 saturated carbocycles. The topological polar surface area (TPSA) is 90.5 Å². The molecule has 1 saturated heterocycles. The number of pyridine rings is 1. The number of hydrogen-bond acceptors (Lipinski definition) is 7. The van der Waals surface area contributed by atoms with E-state index in [9.17, 15) is 9.59 Å². The van der Waals surface area contributed by atoms with Crippen LogP contribution in [0.25, 0.3) is 11.1 Å². The van der Waals surface area contributed by atoms with Crippen LogP contribution in [0.1, 0.15) is 27.5 Å². The van der Waals surface area contributed by atoms with Gasteiger partial charge in [-0.2, -0.15) is 0 Å². The number of nitrogens with one attached hydrogen (secondary N) is 2. The van der Waals surface area contributed by atoms with Crippen molar-refractivity contribution >= 4 is 34.1 Å². The van der Waals surface area contributed by atoms with Gasteiger partial charge >= 0.3 is 0 Å². The number of aromatic nitrogens is 2. The molecule has 2 aromatic heterocycles. The standard InChI is InChI=1S/C28H26N6O2S/c35-26(32-28-30-12-15-37-28)25(19-4-2-1-3-5-19)34-18-22-7-6-20(16-23(22)27(34)36)21-8-9-24(31-17-21)33-13-10-29-11-14-33/h1-9,12,15-17,25,29H,10-11,13-14,18H2,(H,30,32,35). The van der Waals surface area contributed by atoms with Gasteiger partial charge in [-0.25, -0.2) is 9.97 Å². The Bertz CT molecular complexity index is 1400. The lowest BCUT2D eigenvalue weighted by molar-refractivity contribution is -0.120. The first kappa shape index (κ1) is 23.3. The van der Waals surface area contributed by atoms with Crippen LogP contribution in [0.15, 0.2) is 78.4 Å². The van der Waals surface area contributed by atoms with Crippen molar-refractivity contribution < 1.29 is 9.59 Å². The minimum atomic E-state index is -0.770. The number of benzene rings is 2. The SMILES string of the molecule is O=C(Nc1nccs1)C(c1ccccc1)N1Cc2ccc(-c3ccc(N4CCNCC4)nc3)cc2C1=O. The molecule has 1 atom stereocenters. The van der Waals surface area contributed by atoms with E-state index in [1.54, 1.807) is 16.5 Å². The summed E-state index contributed by atoms with van der Waals surface area (Å²) in [7, 11) is 0. The van der Waals surface area contributed by atoms with Crippen LogP contribution < -0.4 is 15.5 Å². The maximum absolute atomic E-state index is 13.7. The van der Waals surface area contributed by atoms with Crippen molar-refractivity contribution in [2.75, 3.05) is 36.4 Å². The molecule has 0 bridgehead atoms. The molecule has 2 aliphatic heterocycles. The molecular formula is C28H26N6O2S. The molecule has 4 aromatic rings. The molecule has 0 aliphatic carbocycles. The number of carbonyl (C=O) groups excluding carboxylic acids is 2. The average Bonchev–Trinajstić information content (AvgIpc) is 3.58. The van der Waals surface area contributed by atoms with Crippen LogP contribution in [0.4, 0.5) is 10.9 Å². The summed E-state index contributed by atoms with van der Waals surface area (Å²) in [6.45, 7) is 4.15. The first-order valence-electron chi connectivity index (χ1n) is 12.3. The minimum absolute atomic E-state index is 0.162. The van der Waals surface area contributed by atoms with Gasteiger partial charge in [-0.1, -0.05) is 42.5 Å². The van der Waals surface area contributed by atoms with Crippen LogP contribution in [0.3, 0.4) is 0 Å². The number of nitrogens with zero attached hydrogens (tertiary/aromatic N) is 4. The Morgan fingerprint density at radius 1 is 1.00 bits per heavy atom. The third-order valence-electron chi connectivity index (χ3n) is 6.80. The molecule has 8 nitrogen and oxygen atoms in total. The number of amides is 2. The van der Waals surface area contributed by atoms with Crippen molar-refractivity contribution in [3.63, 3.8) is 0 Å². The second kappa shape index (κ2) is 10.1. The molecule has 37 heavy (non-hydrogen) atoms. The van der Waals surface area contributed by atoms with Crippen molar-refractivity contribution in [1.29, 1.82) is 0 Å². The van der Waals surface area contributed by atoms with Crippen LogP contribution in [0.2, 0.25) is 0 Å². The molecule has 1 unspecified atom stereocenters. The Kier molecular flexibility index (Phi) is 6.38. The molecule has 186 valence electrons. The van der Waals surface area contributed by atoms with E-state index in [1.165, 1.54) is 11.3 Å². The molecule has 6 rings (SSSR count). The Morgan fingerprint density at radius 3 is 2.54 bits per heavy atom. The maximum atomic E-state index is 13.7. The molecular weight excluding hydrogens is 484 g/mol. The summed E-state index contributed by atoms with van der Waals surface area (Å²) < 4.78 is 0. The molecule has 2 N–H and O–H groups in total. The summed E-state index contributed by atoms with van der Waals surface area (Å²) in [5.74, 6) is 0.520. The maximum Gasteiger partial charge on any atom is 0.255 e. The van der Waals surface area contributed by atoms with Gasteiger partial charge < -0.3 is 15.1 Å². The zero-order chi connectivity index (χ0) is 25.2. The summed E-state index contributed by atoms with van der Waals surface area (Å²) in [4.78, 5) is 39.8. The van der Waals surface area contributed by atoms with Crippen molar-refractivity contribution in [1.82, 2.24) is 20.2 Å². The number of anilines is 2. The predicted octanol–water partition coefficient (Wildman–Crippen LogP) is 3.95. The molecule has 4 heterocycles. The lowest BCUT2D eigenvalue weighted by Crippen LogP contribution is -2.43. The van der Waals surface area contributed by atoms with Gasteiger partial charge in [0.05, 0.1) is 0 Å². The van der Waals surface area contributed by atoms with E-state index in [0.29, 0.717) is 17.2 Å². The van der Waals surface area contributed by atoms with Crippen molar-refractivity contribution in [3.8, 4) is 11.1 Å². The van der Waals surface area contributed by atoms with Crippen LogP contribution >= 0.6 is 11.3 Å². The fraction of sp³-hybridized carbons (Fsp3) is 0.214. The summed E-state index contributed by atoms with van der Waals surface area (Å²) in [5.41, 5.74) is 4.16. The molecule has 9 heteroatoms. The largest absolute Gasteiger partial charge is 0.354 e. The van der Waals surface area contributed by atoms with Gasteiger partial charge in [0.25, 0.3) is 11.8 Å². The van der Waals surface area contributed by atoms with Crippen LogP contribution in [0.5, 0.6) is 0 Å². The molecule has 0 radical (unpaired) electrons. The third-order valence-corrected chi connectivity index (χ3v) is 7.49. The van der Waals surface area contributed by atoms with Gasteiger partial charge in [0, 0.05) is 61.6 Å². The third kappa shape index (κ3) is 4.71. The monoisotopic (exact) mass is 510 g/mol. The molecule has 2 aromatic carbocycles. The highest BCUT2D eigenvalue weighted by Gasteiger charge is 2.37. The Balaban J connectivity index is 1.26.